The molecular formula is C17H22N2O2. The number of para-hydroxylation sites is 1. The summed E-state index contributed by atoms with van der Waals surface area (Å²) in [5.41, 5.74) is 1.09. The molecular weight excluding hydrogens is 264 g/mol. The molecule has 1 amide bonds. The maximum Gasteiger partial charge on any atom is 0.256 e. The minimum atomic E-state index is -0.728. The summed E-state index contributed by atoms with van der Waals surface area (Å²) < 4.78 is 1.99. The largest absolute Gasteiger partial charge is 0.390 e. The molecule has 21 heavy (non-hydrogen) atoms. The van der Waals surface area contributed by atoms with E-state index in [2.05, 4.69) is 0 Å². The second kappa shape index (κ2) is 4.88. The molecule has 1 atom stereocenters. The van der Waals surface area contributed by atoms with Crippen molar-refractivity contribution in [2.24, 2.45) is 13.0 Å². The Morgan fingerprint density at radius 1 is 1.33 bits per heavy atom. The third kappa shape index (κ3) is 2.44. The van der Waals surface area contributed by atoms with Crippen molar-refractivity contribution in [1.82, 2.24) is 9.47 Å². The van der Waals surface area contributed by atoms with E-state index >= 15 is 0 Å². The minimum absolute atomic E-state index is 0.0681. The Kier molecular flexibility index (Phi) is 3.29. The number of fused-ring (bicyclic) bond motifs is 1. The van der Waals surface area contributed by atoms with Gasteiger partial charge in [-0.1, -0.05) is 18.2 Å². The summed E-state index contributed by atoms with van der Waals surface area (Å²) in [7, 11) is 1.96. The maximum atomic E-state index is 12.8. The molecule has 0 radical (unpaired) electrons. The van der Waals surface area contributed by atoms with Gasteiger partial charge in [-0.3, -0.25) is 4.79 Å². The average molecular weight is 286 g/mol. The maximum absolute atomic E-state index is 12.8. The summed E-state index contributed by atoms with van der Waals surface area (Å²) in [6, 6.07) is 7.96. The predicted octanol–water partition coefficient (Wildman–Crippen LogP) is 2.41. The van der Waals surface area contributed by atoms with Gasteiger partial charge in [0, 0.05) is 43.2 Å². The van der Waals surface area contributed by atoms with Gasteiger partial charge in [0.05, 0.1) is 11.2 Å². The summed E-state index contributed by atoms with van der Waals surface area (Å²) >= 11 is 0. The van der Waals surface area contributed by atoms with Crippen LogP contribution >= 0.6 is 0 Å². The van der Waals surface area contributed by atoms with Crippen LogP contribution in [0, 0.1) is 5.92 Å². The number of amides is 1. The van der Waals surface area contributed by atoms with Crippen LogP contribution in [0.2, 0.25) is 0 Å². The zero-order chi connectivity index (χ0) is 15.2. The minimum Gasteiger partial charge on any atom is -0.390 e. The number of benzene rings is 1. The summed E-state index contributed by atoms with van der Waals surface area (Å²) in [4.78, 5) is 14.6. The number of aliphatic hydroxyl groups is 1. The normalized spacial score (nSPS) is 19.4. The monoisotopic (exact) mass is 286 g/mol. The third-order valence-corrected chi connectivity index (χ3v) is 4.60. The van der Waals surface area contributed by atoms with Gasteiger partial charge >= 0.3 is 0 Å². The van der Waals surface area contributed by atoms with Crippen LogP contribution in [0.15, 0.2) is 30.5 Å². The number of carbonyl (C=O) groups is 1. The molecule has 0 unspecified atom stereocenters. The molecule has 1 aliphatic rings. The number of rotatable bonds is 2. The van der Waals surface area contributed by atoms with Gasteiger partial charge in [-0.15, -0.1) is 0 Å². The molecule has 1 N–H and O–H groups in total. The highest BCUT2D eigenvalue weighted by Gasteiger charge is 2.36. The molecule has 1 aromatic carbocycles. The van der Waals surface area contributed by atoms with Crippen molar-refractivity contribution < 1.29 is 9.90 Å². The van der Waals surface area contributed by atoms with E-state index in [-0.39, 0.29) is 11.8 Å². The Hall–Kier alpha value is -1.81. The Morgan fingerprint density at radius 2 is 2.05 bits per heavy atom. The van der Waals surface area contributed by atoms with Gasteiger partial charge in [0.15, 0.2) is 0 Å². The van der Waals surface area contributed by atoms with Crippen LogP contribution < -0.4 is 0 Å². The first-order valence-electron chi connectivity index (χ1n) is 7.43. The fourth-order valence-electron chi connectivity index (χ4n) is 3.20. The smallest absolute Gasteiger partial charge is 0.256 e. The van der Waals surface area contributed by atoms with Gasteiger partial charge < -0.3 is 14.6 Å². The van der Waals surface area contributed by atoms with E-state index in [1.807, 2.05) is 60.8 Å². The summed E-state index contributed by atoms with van der Waals surface area (Å²) in [5, 5.41) is 11.1. The van der Waals surface area contributed by atoms with Crippen molar-refractivity contribution in [2.75, 3.05) is 13.1 Å². The second-order valence-corrected chi connectivity index (χ2v) is 6.56. The lowest BCUT2D eigenvalue weighted by Crippen LogP contribution is -2.35. The van der Waals surface area contributed by atoms with Gasteiger partial charge in [0.1, 0.15) is 0 Å². The number of aromatic nitrogens is 1. The Morgan fingerprint density at radius 3 is 2.71 bits per heavy atom. The zero-order valence-corrected chi connectivity index (χ0v) is 12.8. The Labute approximate surface area is 125 Å². The van der Waals surface area contributed by atoms with Crippen molar-refractivity contribution in [3.8, 4) is 0 Å². The van der Waals surface area contributed by atoms with E-state index in [9.17, 15) is 9.90 Å². The quantitative estimate of drug-likeness (QED) is 0.921. The topological polar surface area (TPSA) is 45.5 Å². The number of hydrogen-bond acceptors (Lipinski definition) is 2. The van der Waals surface area contributed by atoms with E-state index in [0.29, 0.717) is 6.54 Å². The highest BCUT2D eigenvalue weighted by molar-refractivity contribution is 6.07. The van der Waals surface area contributed by atoms with E-state index in [1.165, 1.54) is 0 Å². The van der Waals surface area contributed by atoms with Crippen LogP contribution in [0.1, 0.15) is 30.6 Å². The van der Waals surface area contributed by atoms with Gasteiger partial charge in [-0.05, 0) is 26.3 Å². The van der Waals surface area contributed by atoms with Crippen molar-refractivity contribution >= 4 is 16.8 Å². The molecule has 3 rings (SSSR count). The molecule has 1 saturated heterocycles. The van der Waals surface area contributed by atoms with E-state index in [4.69, 9.17) is 0 Å². The lowest BCUT2D eigenvalue weighted by Gasteiger charge is -2.25. The van der Waals surface area contributed by atoms with Gasteiger partial charge in [0.2, 0.25) is 0 Å². The zero-order valence-electron chi connectivity index (χ0n) is 12.8. The molecule has 0 spiro atoms. The first-order chi connectivity index (χ1) is 9.88. The van der Waals surface area contributed by atoms with Crippen molar-refractivity contribution in [3.05, 3.63) is 36.0 Å². The SMILES string of the molecule is Cn1cc(C(=O)N2CC[C@@H](C(C)(C)O)C2)c2ccccc21. The van der Waals surface area contributed by atoms with Crippen LogP contribution in [0.5, 0.6) is 0 Å². The predicted molar refractivity (Wildman–Crippen MR) is 83.2 cm³/mol. The molecule has 112 valence electrons. The molecule has 0 saturated carbocycles. The van der Waals surface area contributed by atoms with Crippen LogP contribution in [0.3, 0.4) is 0 Å². The van der Waals surface area contributed by atoms with E-state index in [1.54, 1.807) is 0 Å². The lowest BCUT2D eigenvalue weighted by molar-refractivity contribution is 0.0211. The second-order valence-electron chi connectivity index (χ2n) is 6.56. The Balaban J connectivity index is 1.89. The molecule has 2 heterocycles. The number of likely N-dealkylation sites (tertiary alicyclic amines) is 1. The van der Waals surface area contributed by atoms with Gasteiger partial charge in [-0.25, -0.2) is 0 Å². The van der Waals surface area contributed by atoms with Crippen LogP contribution in [-0.2, 0) is 7.05 Å². The molecule has 0 aliphatic carbocycles. The molecule has 2 aromatic rings. The van der Waals surface area contributed by atoms with Gasteiger partial charge in [0.25, 0.3) is 5.91 Å². The standard InChI is InChI=1S/C17H22N2O2/c1-17(2,21)12-8-9-19(10-12)16(20)14-11-18(3)15-7-5-4-6-13(14)15/h4-7,11-12,21H,8-10H2,1-3H3/t12-/m1/s1. The highest BCUT2D eigenvalue weighted by Crippen LogP contribution is 2.29. The third-order valence-electron chi connectivity index (χ3n) is 4.60. The summed E-state index contributed by atoms with van der Waals surface area (Å²) in [6.07, 6.45) is 2.77. The summed E-state index contributed by atoms with van der Waals surface area (Å²) in [6.45, 7) is 5.00. The van der Waals surface area contributed by atoms with E-state index in [0.717, 1.165) is 29.4 Å². The van der Waals surface area contributed by atoms with Crippen molar-refractivity contribution in [2.45, 2.75) is 25.9 Å². The molecule has 1 aliphatic heterocycles. The van der Waals surface area contributed by atoms with Crippen molar-refractivity contribution in [1.29, 1.82) is 0 Å². The first-order valence-corrected chi connectivity index (χ1v) is 7.43. The average Bonchev–Trinajstić information content (AvgIpc) is 3.04. The fourth-order valence-corrected chi connectivity index (χ4v) is 3.20. The molecule has 0 bridgehead atoms. The molecule has 4 heteroatoms. The van der Waals surface area contributed by atoms with Crippen LogP contribution in [-0.4, -0.2) is 39.2 Å². The fraction of sp³-hybridized carbons (Fsp3) is 0.471. The molecule has 4 nitrogen and oxygen atoms in total. The number of hydrogen-bond donors (Lipinski definition) is 1. The molecule has 1 aromatic heterocycles. The van der Waals surface area contributed by atoms with E-state index < -0.39 is 5.60 Å². The summed E-state index contributed by atoms with van der Waals surface area (Å²) in [5.74, 6) is 0.218. The van der Waals surface area contributed by atoms with Crippen LogP contribution in [0.4, 0.5) is 0 Å². The molecule has 1 fully saturated rings. The first kappa shape index (κ1) is 14.1. The number of nitrogens with zero attached hydrogens (tertiary/aromatic N) is 2. The van der Waals surface area contributed by atoms with Crippen molar-refractivity contribution in [3.63, 3.8) is 0 Å². The Bertz CT molecular complexity index is 682. The lowest BCUT2D eigenvalue weighted by atomic mass is 9.90. The van der Waals surface area contributed by atoms with Gasteiger partial charge in [-0.2, -0.15) is 0 Å². The van der Waals surface area contributed by atoms with Crippen LogP contribution in [0.25, 0.3) is 10.9 Å². The number of aryl methyl sites for hydroxylation is 1. The highest BCUT2D eigenvalue weighted by atomic mass is 16.3. The number of carbonyl (C=O) groups excluding carboxylic acids is 1.